The molecule has 0 aromatic heterocycles. The largest absolute Gasteiger partial charge is 0.310 e. The third-order valence-electron chi connectivity index (χ3n) is 3.66. The van der Waals surface area contributed by atoms with Gasteiger partial charge in [-0.05, 0) is 53.1 Å². The van der Waals surface area contributed by atoms with Gasteiger partial charge in [0, 0.05) is 19.1 Å². The van der Waals surface area contributed by atoms with E-state index < -0.39 is 0 Å². The molecule has 0 aliphatic heterocycles. The minimum atomic E-state index is 0.461. The van der Waals surface area contributed by atoms with Crippen LogP contribution in [0.4, 0.5) is 0 Å². The summed E-state index contributed by atoms with van der Waals surface area (Å²) in [6.07, 6.45) is 1.15. The number of likely N-dealkylation sites (N-methyl/N-ethyl adjacent to an activating group) is 2. The van der Waals surface area contributed by atoms with Gasteiger partial charge in [0.25, 0.3) is 0 Å². The number of aryl methyl sites for hydroxylation is 1. The molecule has 0 aliphatic carbocycles. The third-order valence-corrected chi connectivity index (χ3v) is 3.66. The fourth-order valence-electron chi connectivity index (χ4n) is 2.26. The van der Waals surface area contributed by atoms with Crippen molar-refractivity contribution in [3.05, 3.63) is 35.4 Å². The first kappa shape index (κ1) is 17.2. The lowest BCUT2D eigenvalue weighted by atomic mass is 10.0. The van der Waals surface area contributed by atoms with E-state index in [-0.39, 0.29) is 0 Å². The molecule has 3 heteroatoms. The van der Waals surface area contributed by atoms with Gasteiger partial charge in [-0.1, -0.05) is 36.8 Å². The Labute approximate surface area is 125 Å². The zero-order chi connectivity index (χ0) is 15.0. The molecule has 1 atom stereocenters. The third kappa shape index (κ3) is 6.51. The Hall–Kier alpha value is -0.900. The summed E-state index contributed by atoms with van der Waals surface area (Å²) in [6.45, 7) is 8.70. The van der Waals surface area contributed by atoms with Crippen LogP contribution in [0.1, 0.15) is 30.5 Å². The molecule has 1 aromatic carbocycles. The highest BCUT2D eigenvalue weighted by atomic mass is 15.1. The molecular formula is C17H31N3. The van der Waals surface area contributed by atoms with Gasteiger partial charge in [-0.25, -0.2) is 0 Å². The van der Waals surface area contributed by atoms with Gasteiger partial charge in [-0.3, -0.25) is 0 Å². The van der Waals surface area contributed by atoms with E-state index in [1.165, 1.54) is 11.1 Å². The van der Waals surface area contributed by atoms with Crippen molar-refractivity contribution in [2.45, 2.75) is 26.3 Å². The minimum Gasteiger partial charge on any atom is -0.310 e. The second-order valence-corrected chi connectivity index (χ2v) is 5.92. The molecule has 0 spiro atoms. The molecule has 1 rings (SSSR count). The van der Waals surface area contributed by atoms with Crippen LogP contribution in [0.5, 0.6) is 0 Å². The van der Waals surface area contributed by atoms with E-state index in [9.17, 15) is 0 Å². The predicted octanol–water partition coefficient (Wildman–Crippen LogP) is 2.53. The van der Waals surface area contributed by atoms with Crippen molar-refractivity contribution in [1.82, 2.24) is 15.1 Å². The average Bonchev–Trinajstić information content (AvgIpc) is 2.42. The first-order valence-corrected chi connectivity index (χ1v) is 7.66. The maximum atomic E-state index is 3.60. The summed E-state index contributed by atoms with van der Waals surface area (Å²) < 4.78 is 0. The van der Waals surface area contributed by atoms with Gasteiger partial charge >= 0.3 is 0 Å². The summed E-state index contributed by atoms with van der Waals surface area (Å²) in [6, 6.07) is 9.37. The van der Waals surface area contributed by atoms with Crippen molar-refractivity contribution in [2.24, 2.45) is 0 Å². The monoisotopic (exact) mass is 277 g/mol. The molecule has 0 saturated heterocycles. The van der Waals surface area contributed by atoms with E-state index >= 15 is 0 Å². The molecule has 1 aromatic rings. The Bertz CT molecular complexity index is 359. The number of hydrogen-bond acceptors (Lipinski definition) is 3. The van der Waals surface area contributed by atoms with Crippen LogP contribution in [0.3, 0.4) is 0 Å². The van der Waals surface area contributed by atoms with Crippen molar-refractivity contribution >= 4 is 0 Å². The normalized spacial score (nSPS) is 13.2. The molecule has 0 amide bonds. The topological polar surface area (TPSA) is 18.5 Å². The van der Waals surface area contributed by atoms with Crippen LogP contribution in [0.25, 0.3) is 0 Å². The van der Waals surface area contributed by atoms with Gasteiger partial charge in [0.2, 0.25) is 0 Å². The second kappa shape index (κ2) is 9.11. The standard InChI is InChI=1S/C17H31N3/c1-6-18-17(16-9-7-15(2)8-10-16)11-12-20(5)14-13-19(3)4/h7-10,17-18H,6,11-14H2,1-5H3. The fourth-order valence-corrected chi connectivity index (χ4v) is 2.26. The molecule has 114 valence electrons. The van der Waals surface area contributed by atoms with Crippen LogP contribution in [0, 0.1) is 6.92 Å². The van der Waals surface area contributed by atoms with Gasteiger partial charge in [-0.2, -0.15) is 0 Å². The summed E-state index contributed by atoms with van der Waals surface area (Å²) in [4.78, 5) is 4.65. The average molecular weight is 277 g/mol. The van der Waals surface area contributed by atoms with Crippen LogP contribution in [0.2, 0.25) is 0 Å². The first-order chi connectivity index (χ1) is 9.52. The number of rotatable bonds is 9. The summed E-state index contributed by atoms with van der Waals surface area (Å²) in [5.74, 6) is 0. The molecular weight excluding hydrogens is 246 g/mol. The Kier molecular flexibility index (Phi) is 7.82. The van der Waals surface area contributed by atoms with E-state index in [1.54, 1.807) is 0 Å². The Morgan fingerprint density at radius 2 is 1.65 bits per heavy atom. The summed E-state index contributed by atoms with van der Waals surface area (Å²) in [5, 5.41) is 3.60. The Morgan fingerprint density at radius 3 is 2.20 bits per heavy atom. The lowest BCUT2D eigenvalue weighted by Gasteiger charge is -2.24. The van der Waals surface area contributed by atoms with E-state index in [1.807, 2.05) is 0 Å². The smallest absolute Gasteiger partial charge is 0.0332 e. The van der Waals surface area contributed by atoms with Gasteiger partial charge in [0.05, 0.1) is 0 Å². The van der Waals surface area contributed by atoms with Gasteiger partial charge in [0.1, 0.15) is 0 Å². The number of nitrogens with one attached hydrogen (secondary N) is 1. The second-order valence-electron chi connectivity index (χ2n) is 5.92. The molecule has 0 saturated carbocycles. The fraction of sp³-hybridized carbons (Fsp3) is 0.647. The Morgan fingerprint density at radius 1 is 1.00 bits per heavy atom. The van der Waals surface area contributed by atoms with Crippen molar-refractivity contribution in [3.8, 4) is 0 Å². The van der Waals surface area contributed by atoms with Crippen LogP contribution in [-0.2, 0) is 0 Å². The van der Waals surface area contributed by atoms with Crippen molar-refractivity contribution in [1.29, 1.82) is 0 Å². The summed E-state index contributed by atoms with van der Waals surface area (Å²) in [5.41, 5.74) is 2.73. The van der Waals surface area contributed by atoms with E-state index in [0.29, 0.717) is 6.04 Å². The van der Waals surface area contributed by atoms with Crippen LogP contribution < -0.4 is 5.32 Å². The maximum absolute atomic E-state index is 3.60. The number of nitrogens with zero attached hydrogens (tertiary/aromatic N) is 2. The highest BCUT2D eigenvalue weighted by Gasteiger charge is 2.11. The van der Waals surface area contributed by atoms with Crippen molar-refractivity contribution in [3.63, 3.8) is 0 Å². The molecule has 20 heavy (non-hydrogen) atoms. The minimum absolute atomic E-state index is 0.461. The summed E-state index contributed by atoms with van der Waals surface area (Å²) in [7, 11) is 6.46. The number of benzene rings is 1. The van der Waals surface area contributed by atoms with Crippen molar-refractivity contribution in [2.75, 3.05) is 47.3 Å². The van der Waals surface area contributed by atoms with Crippen LogP contribution >= 0.6 is 0 Å². The quantitative estimate of drug-likeness (QED) is 0.748. The SMILES string of the molecule is CCNC(CCN(C)CCN(C)C)c1ccc(C)cc1. The first-order valence-electron chi connectivity index (χ1n) is 7.66. The zero-order valence-electron chi connectivity index (χ0n) is 13.8. The van der Waals surface area contributed by atoms with Gasteiger partial charge in [-0.15, -0.1) is 0 Å². The van der Waals surface area contributed by atoms with Crippen molar-refractivity contribution < 1.29 is 0 Å². The Balaban J connectivity index is 2.48. The highest BCUT2D eigenvalue weighted by molar-refractivity contribution is 5.24. The zero-order valence-corrected chi connectivity index (χ0v) is 13.8. The summed E-state index contributed by atoms with van der Waals surface area (Å²) >= 11 is 0. The number of hydrogen-bond donors (Lipinski definition) is 1. The van der Waals surface area contributed by atoms with Crippen LogP contribution in [0.15, 0.2) is 24.3 Å². The molecule has 0 heterocycles. The highest BCUT2D eigenvalue weighted by Crippen LogP contribution is 2.17. The molecule has 0 fully saturated rings. The molecule has 0 radical (unpaired) electrons. The van der Waals surface area contributed by atoms with Gasteiger partial charge in [0.15, 0.2) is 0 Å². The van der Waals surface area contributed by atoms with Gasteiger partial charge < -0.3 is 15.1 Å². The lowest BCUT2D eigenvalue weighted by molar-refractivity contribution is 0.268. The van der Waals surface area contributed by atoms with E-state index in [2.05, 4.69) is 74.4 Å². The van der Waals surface area contributed by atoms with Crippen LogP contribution in [-0.4, -0.2) is 57.1 Å². The molecule has 0 aliphatic rings. The molecule has 1 unspecified atom stereocenters. The van der Waals surface area contributed by atoms with E-state index in [0.717, 1.165) is 32.6 Å². The van der Waals surface area contributed by atoms with E-state index in [4.69, 9.17) is 0 Å². The molecule has 0 bridgehead atoms. The molecule has 1 N–H and O–H groups in total. The lowest BCUT2D eigenvalue weighted by Crippen LogP contribution is -2.32. The maximum Gasteiger partial charge on any atom is 0.0332 e. The molecule has 3 nitrogen and oxygen atoms in total. The predicted molar refractivity (Wildman–Crippen MR) is 88.3 cm³/mol.